The molecule has 4 rings (SSSR count). The van der Waals surface area contributed by atoms with Crippen molar-refractivity contribution in [3.63, 3.8) is 0 Å². The van der Waals surface area contributed by atoms with E-state index in [1.807, 2.05) is 59.1 Å². The molecule has 4 nitrogen and oxygen atoms in total. The van der Waals surface area contributed by atoms with Crippen LogP contribution in [0.1, 0.15) is 0 Å². The average molecular weight is 315 g/mol. The Balaban J connectivity index is 1.93. The summed E-state index contributed by atoms with van der Waals surface area (Å²) < 4.78 is 7.36. The van der Waals surface area contributed by atoms with Crippen molar-refractivity contribution in [2.45, 2.75) is 0 Å². The van der Waals surface area contributed by atoms with Crippen molar-refractivity contribution >= 4 is 11.3 Å². The van der Waals surface area contributed by atoms with Crippen molar-refractivity contribution in [1.82, 2.24) is 9.38 Å². The van der Waals surface area contributed by atoms with Crippen LogP contribution >= 0.6 is 0 Å². The molecule has 0 aliphatic carbocycles. The van der Waals surface area contributed by atoms with Crippen LogP contribution in [-0.4, -0.2) is 16.5 Å². The molecule has 0 spiro atoms. The fourth-order valence-electron chi connectivity index (χ4n) is 2.90. The van der Waals surface area contributed by atoms with Crippen molar-refractivity contribution in [2.75, 3.05) is 12.8 Å². The number of rotatable bonds is 3. The summed E-state index contributed by atoms with van der Waals surface area (Å²) in [5.74, 6) is 0.814. The van der Waals surface area contributed by atoms with Crippen molar-refractivity contribution in [1.29, 1.82) is 0 Å². The van der Waals surface area contributed by atoms with Crippen molar-refractivity contribution < 1.29 is 4.74 Å². The van der Waals surface area contributed by atoms with E-state index >= 15 is 0 Å². The molecule has 0 atom stereocenters. The normalized spacial score (nSPS) is 10.9. The SMILES string of the molecule is COc1cccc(-c2cnc3c(N)cc(-c4ccccc4)cn23)c1. The summed E-state index contributed by atoms with van der Waals surface area (Å²) in [6, 6.07) is 20.1. The van der Waals surface area contributed by atoms with Gasteiger partial charge < -0.3 is 10.5 Å². The number of hydrogen-bond donors (Lipinski definition) is 1. The number of pyridine rings is 1. The summed E-state index contributed by atoms with van der Waals surface area (Å²) in [5, 5.41) is 0. The Bertz CT molecular complexity index is 1010. The second-order valence-corrected chi connectivity index (χ2v) is 5.62. The van der Waals surface area contributed by atoms with Crippen molar-refractivity contribution in [3.05, 3.63) is 73.1 Å². The molecule has 0 unspecified atom stereocenters. The molecule has 4 aromatic rings. The maximum Gasteiger partial charge on any atom is 0.160 e. The molecule has 0 bridgehead atoms. The predicted octanol–water partition coefficient (Wildman–Crippen LogP) is 4.26. The number of nitrogens with zero attached hydrogens (tertiary/aromatic N) is 2. The molecule has 0 saturated heterocycles. The topological polar surface area (TPSA) is 52.5 Å². The molecule has 0 radical (unpaired) electrons. The summed E-state index contributed by atoms with van der Waals surface area (Å²) >= 11 is 0. The molecule has 24 heavy (non-hydrogen) atoms. The first-order valence-corrected chi connectivity index (χ1v) is 7.73. The number of hydrogen-bond acceptors (Lipinski definition) is 3. The molecule has 2 heterocycles. The number of anilines is 1. The molecule has 0 aliphatic heterocycles. The Morgan fingerprint density at radius 1 is 0.917 bits per heavy atom. The van der Waals surface area contributed by atoms with Gasteiger partial charge in [0.15, 0.2) is 5.65 Å². The number of ether oxygens (including phenoxy) is 1. The van der Waals surface area contributed by atoms with Gasteiger partial charge in [-0.15, -0.1) is 0 Å². The summed E-state index contributed by atoms with van der Waals surface area (Å²) in [7, 11) is 1.67. The molecule has 118 valence electrons. The van der Waals surface area contributed by atoms with E-state index in [4.69, 9.17) is 10.5 Å². The molecule has 4 heteroatoms. The van der Waals surface area contributed by atoms with E-state index in [2.05, 4.69) is 23.3 Å². The summed E-state index contributed by atoms with van der Waals surface area (Å²) in [6.45, 7) is 0. The molecular weight excluding hydrogens is 298 g/mol. The van der Waals surface area contributed by atoms with Crippen LogP contribution in [0, 0.1) is 0 Å². The maximum absolute atomic E-state index is 6.23. The van der Waals surface area contributed by atoms with E-state index in [0.29, 0.717) is 5.69 Å². The van der Waals surface area contributed by atoms with Crippen LogP contribution in [0.25, 0.3) is 28.0 Å². The van der Waals surface area contributed by atoms with Crippen molar-refractivity contribution in [2.24, 2.45) is 0 Å². The Morgan fingerprint density at radius 2 is 1.71 bits per heavy atom. The van der Waals surface area contributed by atoms with Gasteiger partial charge in [0.2, 0.25) is 0 Å². The molecule has 2 N–H and O–H groups in total. The van der Waals surface area contributed by atoms with Gasteiger partial charge >= 0.3 is 0 Å². The van der Waals surface area contributed by atoms with E-state index in [9.17, 15) is 0 Å². The van der Waals surface area contributed by atoms with Crippen LogP contribution in [0.15, 0.2) is 73.1 Å². The number of methoxy groups -OCH3 is 1. The van der Waals surface area contributed by atoms with E-state index in [1.165, 1.54) is 0 Å². The van der Waals surface area contributed by atoms with Gasteiger partial charge in [0.1, 0.15) is 5.75 Å². The minimum atomic E-state index is 0.658. The summed E-state index contributed by atoms with van der Waals surface area (Å²) in [6.07, 6.45) is 3.91. The number of nitrogen functional groups attached to an aromatic ring is 1. The fraction of sp³-hybridized carbons (Fsp3) is 0.0500. The highest BCUT2D eigenvalue weighted by molar-refractivity contribution is 5.78. The van der Waals surface area contributed by atoms with Gasteiger partial charge in [-0.2, -0.15) is 0 Å². The Morgan fingerprint density at radius 3 is 2.50 bits per heavy atom. The quantitative estimate of drug-likeness (QED) is 0.614. The van der Waals surface area contributed by atoms with Gasteiger partial charge in [0.25, 0.3) is 0 Å². The van der Waals surface area contributed by atoms with Crippen LogP contribution < -0.4 is 10.5 Å². The van der Waals surface area contributed by atoms with Gasteiger partial charge in [-0.1, -0.05) is 42.5 Å². The summed E-state index contributed by atoms with van der Waals surface area (Å²) in [4.78, 5) is 4.48. The third-order valence-electron chi connectivity index (χ3n) is 4.11. The predicted molar refractivity (Wildman–Crippen MR) is 97.0 cm³/mol. The van der Waals surface area contributed by atoms with Crippen LogP contribution in [0.4, 0.5) is 5.69 Å². The Hall–Kier alpha value is -3.27. The first-order valence-electron chi connectivity index (χ1n) is 7.73. The number of nitrogens with two attached hydrogens (primary N) is 1. The lowest BCUT2D eigenvalue weighted by molar-refractivity contribution is 0.415. The van der Waals surface area contributed by atoms with Crippen LogP contribution in [-0.2, 0) is 0 Å². The minimum absolute atomic E-state index is 0.658. The van der Waals surface area contributed by atoms with Gasteiger partial charge in [-0.25, -0.2) is 4.98 Å². The highest BCUT2D eigenvalue weighted by Gasteiger charge is 2.11. The van der Waals surface area contributed by atoms with Gasteiger partial charge in [-0.3, -0.25) is 4.40 Å². The van der Waals surface area contributed by atoms with Gasteiger partial charge in [-0.05, 0) is 23.8 Å². The zero-order valence-electron chi connectivity index (χ0n) is 13.3. The lowest BCUT2D eigenvalue weighted by Crippen LogP contribution is -1.96. The number of imidazole rings is 1. The number of benzene rings is 2. The van der Waals surface area contributed by atoms with E-state index in [-0.39, 0.29) is 0 Å². The standard InChI is InChI=1S/C20H17N3O/c1-24-17-9-5-8-15(10-17)19-12-22-20-18(21)11-16(13-23(19)20)14-6-3-2-4-7-14/h2-13H,21H2,1H3. The molecule has 2 aromatic carbocycles. The lowest BCUT2D eigenvalue weighted by atomic mass is 10.1. The maximum atomic E-state index is 6.23. The first kappa shape index (κ1) is 14.3. The molecule has 0 saturated carbocycles. The number of aromatic nitrogens is 2. The Labute approximate surface area is 140 Å². The zero-order chi connectivity index (χ0) is 16.5. The monoisotopic (exact) mass is 315 g/mol. The molecule has 2 aromatic heterocycles. The fourth-order valence-corrected chi connectivity index (χ4v) is 2.90. The smallest absolute Gasteiger partial charge is 0.160 e. The third kappa shape index (κ3) is 2.38. The highest BCUT2D eigenvalue weighted by Crippen LogP contribution is 2.30. The second kappa shape index (κ2) is 5.74. The average Bonchev–Trinajstić information content (AvgIpc) is 3.07. The Kier molecular flexibility index (Phi) is 3.43. The van der Waals surface area contributed by atoms with Crippen LogP contribution in [0.2, 0.25) is 0 Å². The van der Waals surface area contributed by atoms with Crippen LogP contribution in [0.5, 0.6) is 5.75 Å². The van der Waals surface area contributed by atoms with E-state index in [1.54, 1.807) is 7.11 Å². The molecule has 0 amide bonds. The number of fused-ring (bicyclic) bond motifs is 1. The van der Waals surface area contributed by atoms with Gasteiger partial charge in [0, 0.05) is 17.3 Å². The third-order valence-corrected chi connectivity index (χ3v) is 4.11. The molecule has 0 aliphatic rings. The van der Waals surface area contributed by atoms with Crippen molar-refractivity contribution in [3.8, 4) is 28.1 Å². The van der Waals surface area contributed by atoms with Gasteiger partial charge in [0.05, 0.1) is 24.7 Å². The van der Waals surface area contributed by atoms with Crippen LogP contribution in [0.3, 0.4) is 0 Å². The van der Waals surface area contributed by atoms with E-state index in [0.717, 1.165) is 33.8 Å². The molecule has 0 fully saturated rings. The van der Waals surface area contributed by atoms with E-state index < -0.39 is 0 Å². The largest absolute Gasteiger partial charge is 0.497 e. The highest BCUT2D eigenvalue weighted by atomic mass is 16.5. The zero-order valence-corrected chi connectivity index (χ0v) is 13.3. The minimum Gasteiger partial charge on any atom is -0.497 e. The lowest BCUT2D eigenvalue weighted by Gasteiger charge is -2.09. The molecular formula is C20H17N3O. The summed E-state index contributed by atoms with van der Waals surface area (Å²) in [5.41, 5.74) is 11.8. The second-order valence-electron chi connectivity index (χ2n) is 5.62. The first-order chi connectivity index (χ1) is 11.8.